The van der Waals surface area contributed by atoms with Crippen LogP contribution in [-0.2, 0) is 16.1 Å². The summed E-state index contributed by atoms with van der Waals surface area (Å²) < 4.78 is 19.5. The van der Waals surface area contributed by atoms with E-state index >= 15 is 0 Å². The zero-order chi connectivity index (χ0) is 23.0. The lowest BCUT2D eigenvalue weighted by molar-refractivity contribution is -0.140. The molecule has 1 amide bonds. The summed E-state index contributed by atoms with van der Waals surface area (Å²) in [5, 5.41) is 11.0. The predicted octanol–water partition coefficient (Wildman–Crippen LogP) is 4.42. The Morgan fingerprint density at radius 1 is 1.12 bits per heavy atom. The zero-order valence-corrected chi connectivity index (χ0v) is 18.0. The maximum atomic E-state index is 14.2. The number of rotatable bonds is 5. The number of aryl methyl sites for hydroxylation is 1. The maximum absolute atomic E-state index is 14.2. The summed E-state index contributed by atoms with van der Waals surface area (Å²) in [6.07, 6.45) is 1.49. The Bertz CT molecular complexity index is 1200. The van der Waals surface area contributed by atoms with Gasteiger partial charge in [0.05, 0.1) is 24.4 Å². The molecule has 164 valence electrons. The highest BCUT2D eigenvalue weighted by Crippen LogP contribution is 2.40. The average molecular weight is 434 g/mol. The highest BCUT2D eigenvalue weighted by molar-refractivity contribution is 6.46. The Morgan fingerprint density at radius 2 is 1.84 bits per heavy atom. The molecule has 0 spiro atoms. The normalized spacial score (nSPS) is 17.8. The standard InChI is InChI=1S/C25H23FN2O4/c1-15-6-7-17(13-20(15)26)23(29)21-22(16-8-10-18(11-9-16)27(2)3)28(25(31)24(21)30)14-19-5-4-12-32-19/h4-13,22,29H,14H2,1-3H3. The fourth-order valence-corrected chi connectivity index (χ4v) is 3.81. The fourth-order valence-electron chi connectivity index (χ4n) is 3.81. The van der Waals surface area contributed by atoms with Gasteiger partial charge in [-0.25, -0.2) is 4.39 Å². The van der Waals surface area contributed by atoms with Gasteiger partial charge in [-0.15, -0.1) is 0 Å². The molecule has 2 heterocycles. The summed E-state index contributed by atoms with van der Waals surface area (Å²) in [5.74, 6) is -1.99. The molecule has 2 aromatic carbocycles. The number of aliphatic hydroxyl groups is 1. The molecule has 1 aliphatic rings. The number of furan rings is 1. The van der Waals surface area contributed by atoms with E-state index in [1.807, 2.05) is 43.3 Å². The van der Waals surface area contributed by atoms with Gasteiger partial charge in [-0.05, 0) is 48.4 Å². The molecule has 1 atom stereocenters. The maximum Gasteiger partial charge on any atom is 0.296 e. The van der Waals surface area contributed by atoms with E-state index in [1.54, 1.807) is 19.1 Å². The third-order valence-corrected chi connectivity index (χ3v) is 5.62. The van der Waals surface area contributed by atoms with Gasteiger partial charge in [0, 0.05) is 25.3 Å². The van der Waals surface area contributed by atoms with Gasteiger partial charge in [0.1, 0.15) is 17.3 Å². The quantitative estimate of drug-likeness (QED) is 0.366. The molecule has 1 N–H and O–H groups in total. The second kappa shape index (κ2) is 8.34. The van der Waals surface area contributed by atoms with E-state index in [1.165, 1.54) is 23.3 Å². The number of halogens is 1. The average Bonchev–Trinajstić information content (AvgIpc) is 3.37. The van der Waals surface area contributed by atoms with Crippen molar-refractivity contribution in [2.24, 2.45) is 0 Å². The molecular weight excluding hydrogens is 411 g/mol. The highest BCUT2D eigenvalue weighted by atomic mass is 19.1. The van der Waals surface area contributed by atoms with Crippen LogP contribution < -0.4 is 4.90 Å². The number of amides is 1. The number of anilines is 1. The van der Waals surface area contributed by atoms with E-state index in [9.17, 15) is 19.1 Å². The van der Waals surface area contributed by atoms with Crippen molar-refractivity contribution in [2.75, 3.05) is 19.0 Å². The van der Waals surface area contributed by atoms with Crippen molar-refractivity contribution in [1.82, 2.24) is 4.90 Å². The first kappa shape index (κ1) is 21.4. The molecule has 32 heavy (non-hydrogen) atoms. The van der Waals surface area contributed by atoms with E-state index in [0.717, 1.165) is 11.8 Å². The van der Waals surface area contributed by atoms with Gasteiger partial charge in [-0.3, -0.25) is 9.59 Å². The van der Waals surface area contributed by atoms with Crippen molar-refractivity contribution in [3.63, 3.8) is 0 Å². The number of likely N-dealkylation sites (tertiary alicyclic amines) is 1. The lowest BCUT2D eigenvalue weighted by atomic mass is 9.94. The number of benzene rings is 2. The van der Waals surface area contributed by atoms with Crippen molar-refractivity contribution in [3.05, 3.63) is 94.7 Å². The molecule has 1 aliphatic heterocycles. The summed E-state index contributed by atoms with van der Waals surface area (Å²) in [6, 6.07) is 14.1. The van der Waals surface area contributed by atoms with Gasteiger partial charge in [0.15, 0.2) is 0 Å². The molecule has 3 aromatic rings. The van der Waals surface area contributed by atoms with Crippen molar-refractivity contribution in [2.45, 2.75) is 19.5 Å². The molecule has 0 saturated carbocycles. The first-order chi connectivity index (χ1) is 15.3. The minimum Gasteiger partial charge on any atom is -0.507 e. The van der Waals surface area contributed by atoms with Crippen molar-refractivity contribution in [3.8, 4) is 0 Å². The van der Waals surface area contributed by atoms with Gasteiger partial charge in [-0.2, -0.15) is 0 Å². The minimum atomic E-state index is -0.847. The van der Waals surface area contributed by atoms with E-state index in [2.05, 4.69) is 0 Å². The van der Waals surface area contributed by atoms with Gasteiger partial charge in [0.25, 0.3) is 11.7 Å². The van der Waals surface area contributed by atoms with Crippen LogP contribution in [0.25, 0.3) is 5.76 Å². The molecular formula is C25H23FN2O4. The van der Waals surface area contributed by atoms with Crippen LogP contribution in [0.1, 0.15) is 28.5 Å². The van der Waals surface area contributed by atoms with E-state index in [-0.39, 0.29) is 17.7 Å². The fraction of sp³-hybridized carbons (Fsp3) is 0.200. The van der Waals surface area contributed by atoms with Gasteiger partial charge in [0.2, 0.25) is 0 Å². The summed E-state index contributed by atoms with van der Waals surface area (Å²) in [4.78, 5) is 29.3. The van der Waals surface area contributed by atoms with Gasteiger partial charge < -0.3 is 19.3 Å². The lowest BCUT2D eigenvalue weighted by Gasteiger charge is -2.25. The second-order valence-corrected chi connectivity index (χ2v) is 7.96. The number of hydrogen-bond donors (Lipinski definition) is 1. The molecule has 0 bridgehead atoms. The largest absolute Gasteiger partial charge is 0.507 e. The lowest BCUT2D eigenvalue weighted by Crippen LogP contribution is -2.29. The number of ketones is 1. The summed E-state index contributed by atoms with van der Waals surface area (Å²) in [7, 11) is 3.81. The van der Waals surface area contributed by atoms with Crippen LogP contribution in [-0.4, -0.2) is 35.8 Å². The number of carbonyl (C=O) groups is 2. The molecule has 0 radical (unpaired) electrons. The summed E-state index contributed by atoms with van der Waals surface area (Å²) >= 11 is 0. The van der Waals surface area contributed by atoms with Crippen LogP contribution in [0.2, 0.25) is 0 Å². The van der Waals surface area contributed by atoms with Crippen molar-refractivity contribution in [1.29, 1.82) is 0 Å². The monoisotopic (exact) mass is 434 g/mol. The summed E-state index contributed by atoms with van der Waals surface area (Å²) in [5.41, 5.74) is 2.06. The minimum absolute atomic E-state index is 0.0523. The topological polar surface area (TPSA) is 74.0 Å². The van der Waals surface area contributed by atoms with Gasteiger partial charge >= 0.3 is 0 Å². The molecule has 1 unspecified atom stereocenters. The van der Waals surface area contributed by atoms with Crippen molar-refractivity contribution >= 4 is 23.1 Å². The Kier molecular flexibility index (Phi) is 5.57. The predicted molar refractivity (Wildman–Crippen MR) is 118 cm³/mol. The number of Topliss-reactive ketones (excluding diaryl/α,β-unsaturated/α-hetero) is 1. The first-order valence-electron chi connectivity index (χ1n) is 10.1. The third kappa shape index (κ3) is 3.77. The first-order valence-corrected chi connectivity index (χ1v) is 10.1. The molecule has 1 aromatic heterocycles. The Labute approximate surface area is 185 Å². The number of aliphatic hydroxyl groups excluding tert-OH is 1. The van der Waals surface area contributed by atoms with Crippen LogP contribution in [0, 0.1) is 12.7 Å². The SMILES string of the molecule is Cc1ccc(C(O)=C2C(=O)C(=O)N(Cc3ccco3)C2c2ccc(N(C)C)cc2)cc1F. The molecule has 4 rings (SSSR count). The van der Waals surface area contributed by atoms with Crippen LogP contribution in [0.5, 0.6) is 0 Å². The van der Waals surface area contributed by atoms with Crippen LogP contribution in [0.4, 0.5) is 10.1 Å². The molecule has 0 aliphatic carbocycles. The molecule has 6 nitrogen and oxygen atoms in total. The Balaban J connectivity index is 1.86. The highest BCUT2D eigenvalue weighted by Gasteiger charge is 2.46. The number of carbonyl (C=O) groups excluding carboxylic acids is 2. The van der Waals surface area contributed by atoms with E-state index in [0.29, 0.717) is 16.9 Å². The van der Waals surface area contributed by atoms with E-state index in [4.69, 9.17) is 4.42 Å². The zero-order valence-electron chi connectivity index (χ0n) is 18.0. The van der Waals surface area contributed by atoms with Crippen LogP contribution >= 0.6 is 0 Å². The Hall–Kier alpha value is -3.87. The van der Waals surface area contributed by atoms with Gasteiger partial charge in [-0.1, -0.05) is 24.3 Å². The van der Waals surface area contributed by atoms with Crippen LogP contribution in [0.15, 0.2) is 70.9 Å². The van der Waals surface area contributed by atoms with Crippen molar-refractivity contribution < 1.29 is 23.5 Å². The van der Waals surface area contributed by atoms with E-state index < -0.39 is 29.3 Å². The number of hydrogen-bond acceptors (Lipinski definition) is 5. The van der Waals surface area contributed by atoms with Crippen LogP contribution in [0.3, 0.4) is 0 Å². The smallest absolute Gasteiger partial charge is 0.296 e. The second-order valence-electron chi connectivity index (χ2n) is 7.96. The molecule has 1 fully saturated rings. The summed E-state index contributed by atoms with van der Waals surface area (Å²) in [6.45, 7) is 1.66. The third-order valence-electron chi connectivity index (χ3n) is 5.62. The molecule has 7 heteroatoms. The molecule has 1 saturated heterocycles. The number of nitrogens with zero attached hydrogens (tertiary/aromatic N) is 2. The Morgan fingerprint density at radius 3 is 2.44 bits per heavy atom.